The van der Waals surface area contributed by atoms with Crippen molar-refractivity contribution in [3.05, 3.63) is 54.1 Å². The van der Waals surface area contributed by atoms with Crippen LogP contribution in [-0.4, -0.2) is 43.7 Å². The van der Waals surface area contributed by atoms with Gasteiger partial charge in [0.1, 0.15) is 5.75 Å². The van der Waals surface area contributed by atoms with Crippen molar-refractivity contribution in [1.82, 2.24) is 4.90 Å². The van der Waals surface area contributed by atoms with E-state index in [-0.39, 0.29) is 17.2 Å². The monoisotopic (exact) mass is 349 g/mol. The molecule has 4 heteroatoms. The van der Waals surface area contributed by atoms with E-state index >= 15 is 0 Å². The molecule has 5 rings (SSSR count). The van der Waals surface area contributed by atoms with Gasteiger partial charge >= 0.3 is 0 Å². The number of carbonyl (C=O) groups excluding carboxylic acids is 1. The van der Waals surface area contributed by atoms with E-state index in [1.54, 1.807) is 0 Å². The van der Waals surface area contributed by atoms with Crippen LogP contribution in [0.15, 0.2) is 48.5 Å². The number of amides is 1. The standard InChI is InChI=1S/C22H23NO3/c24-21(18-8-11-25-13-18)23-10-9-22(14-23)15-26-20-7-6-17(12-19(20)22)16-4-2-1-3-5-16/h1-7,12,18H,8-11,13-15H2. The van der Waals surface area contributed by atoms with Gasteiger partial charge in [0.2, 0.25) is 5.91 Å². The van der Waals surface area contributed by atoms with Gasteiger partial charge in [0.15, 0.2) is 0 Å². The lowest BCUT2D eigenvalue weighted by Gasteiger charge is -2.24. The van der Waals surface area contributed by atoms with Crippen molar-refractivity contribution in [3.63, 3.8) is 0 Å². The molecule has 0 aromatic heterocycles. The molecule has 2 atom stereocenters. The van der Waals surface area contributed by atoms with Crippen LogP contribution in [0, 0.1) is 5.92 Å². The Morgan fingerprint density at radius 3 is 2.81 bits per heavy atom. The highest BCUT2D eigenvalue weighted by atomic mass is 16.5. The maximum atomic E-state index is 12.8. The lowest BCUT2D eigenvalue weighted by molar-refractivity contribution is -0.134. The van der Waals surface area contributed by atoms with Crippen molar-refractivity contribution >= 4 is 5.91 Å². The topological polar surface area (TPSA) is 38.8 Å². The van der Waals surface area contributed by atoms with Crippen molar-refractivity contribution < 1.29 is 14.3 Å². The summed E-state index contributed by atoms with van der Waals surface area (Å²) in [5.41, 5.74) is 3.63. The molecule has 3 aliphatic rings. The zero-order valence-electron chi connectivity index (χ0n) is 14.8. The Balaban J connectivity index is 1.43. The van der Waals surface area contributed by atoms with Gasteiger partial charge in [-0.05, 0) is 36.1 Å². The van der Waals surface area contributed by atoms with Gasteiger partial charge in [-0.2, -0.15) is 0 Å². The van der Waals surface area contributed by atoms with E-state index in [1.165, 1.54) is 16.7 Å². The predicted molar refractivity (Wildman–Crippen MR) is 99.2 cm³/mol. The number of fused-ring (bicyclic) bond motifs is 2. The van der Waals surface area contributed by atoms with Crippen molar-refractivity contribution in [2.75, 3.05) is 32.9 Å². The van der Waals surface area contributed by atoms with Gasteiger partial charge in [-0.25, -0.2) is 0 Å². The molecule has 0 saturated carbocycles. The molecule has 26 heavy (non-hydrogen) atoms. The van der Waals surface area contributed by atoms with Crippen LogP contribution in [0.5, 0.6) is 5.75 Å². The highest BCUT2D eigenvalue weighted by Gasteiger charge is 2.48. The molecule has 2 saturated heterocycles. The molecule has 4 nitrogen and oxygen atoms in total. The zero-order chi connectivity index (χ0) is 17.6. The maximum absolute atomic E-state index is 12.8. The summed E-state index contributed by atoms with van der Waals surface area (Å²) in [6.07, 6.45) is 1.82. The zero-order valence-corrected chi connectivity index (χ0v) is 14.8. The van der Waals surface area contributed by atoms with Crippen molar-refractivity contribution in [2.45, 2.75) is 18.3 Å². The first-order valence-electron chi connectivity index (χ1n) is 9.44. The number of rotatable bonds is 2. The molecule has 0 radical (unpaired) electrons. The summed E-state index contributed by atoms with van der Waals surface area (Å²) >= 11 is 0. The van der Waals surface area contributed by atoms with Crippen LogP contribution < -0.4 is 4.74 Å². The summed E-state index contributed by atoms with van der Waals surface area (Å²) in [6.45, 7) is 3.53. The summed E-state index contributed by atoms with van der Waals surface area (Å²) in [5, 5.41) is 0. The molecule has 3 aliphatic heterocycles. The van der Waals surface area contributed by atoms with Crippen LogP contribution in [0.2, 0.25) is 0 Å². The van der Waals surface area contributed by atoms with E-state index < -0.39 is 0 Å². The molecule has 134 valence electrons. The van der Waals surface area contributed by atoms with Crippen molar-refractivity contribution in [2.24, 2.45) is 5.92 Å². The SMILES string of the molecule is O=C(C1CCOC1)N1CCC2(COc3ccc(-c4ccccc4)cc32)C1. The first-order valence-corrected chi connectivity index (χ1v) is 9.44. The van der Waals surface area contributed by atoms with Gasteiger partial charge < -0.3 is 14.4 Å². The van der Waals surface area contributed by atoms with Crippen LogP contribution in [-0.2, 0) is 14.9 Å². The lowest BCUT2D eigenvalue weighted by Crippen LogP contribution is -2.38. The Hall–Kier alpha value is -2.33. The summed E-state index contributed by atoms with van der Waals surface area (Å²) in [4.78, 5) is 14.8. The largest absolute Gasteiger partial charge is 0.492 e. The summed E-state index contributed by atoms with van der Waals surface area (Å²) in [6, 6.07) is 16.9. The molecule has 0 bridgehead atoms. The smallest absolute Gasteiger partial charge is 0.228 e. The van der Waals surface area contributed by atoms with Crippen LogP contribution in [0.3, 0.4) is 0 Å². The molecule has 1 spiro atoms. The van der Waals surface area contributed by atoms with Crippen molar-refractivity contribution in [1.29, 1.82) is 0 Å². The second-order valence-corrected chi connectivity index (χ2v) is 7.72. The predicted octanol–water partition coefficient (Wildman–Crippen LogP) is 3.25. The number of hydrogen-bond acceptors (Lipinski definition) is 3. The molecule has 1 amide bonds. The van der Waals surface area contributed by atoms with E-state index in [4.69, 9.17) is 9.47 Å². The van der Waals surface area contributed by atoms with E-state index in [9.17, 15) is 4.79 Å². The third-order valence-electron chi connectivity index (χ3n) is 6.11. The average molecular weight is 349 g/mol. The summed E-state index contributed by atoms with van der Waals surface area (Å²) in [5.74, 6) is 1.28. The molecular weight excluding hydrogens is 326 g/mol. The Morgan fingerprint density at radius 1 is 1.12 bits per heavy atom. The molecule has 2 fully saturated rings. The third kappa shape index (κ3) is 2.52. The van der Waals surface area contributed by atoms with Gasteiger partial charge in [-0.3, -0.25) is 4.79 Å². The molecule has 0 N–H and O–H groups in total. The molecular formula is C22H23NO3. The van der Waals surface area contributed by atoms with Crippen LogP contribution in [0.1, 0.15) is 18.4 Å². The minimum absolute atomic E-state index is 0.0441. The highest BCUT2D eigenvalue weighted by Crippen LogP contribution is 2.46. The van der Waals surface area contributed by atoms with Gasteiger partial charge in [0.05, 0.1) is 24.5 Å². The minimum Gasteiger partial charge on any atom is -0.492 e. The highest BCUT2D eigenvalue weighted by molar-refractivity contribution is 5.80. The third-order valence-corrected chi connectivity index (χ3v) is 6.11. The Morgan fingerprint density at radius 2 is 2.00 bits per heavy atom. The molecule has 0 aliphatic carbocycles. The molecule has 2 aromatic rings. The van der Waals surface area contributed by atoms with Crippen LogP contribution in [0.25, 0.3) is 11.1 Å². The second-order valence-electron chi connectivity index (χ2n) is 7.72. The maximum Gasteiger partial charge on any atom is 0.228 e. The Labute approximate surface area is 153 Å². The first-order chi connectivity index (χ1) is 12.8. The van der Waals surface area contributed by atoms with Crippen LogP contribution in [0.4, 0.5) is 0 Å². The normalized spacial score (nSPS) is 26.9. The Kier molecular flexibility index (Phi) is 3.75. The lowest BCUT2D eigenvalue weighted by atomic mass is 9.80. The number of hydrogen-bond donors (Lipinski definition) is 0. The second kappa shape index (κ2) is 6.13. The minimum atomic E-state index is -0.0603. The number of ether oxygens (including phenoxy) is 2. The summed E-state index contributed by atoms with van der Waals surface area (Å²) < 4.78 is 11.4. The van der Waals surface area contributed by atoms with Crippen molar-refractivity contribution in [3.8, 4) is 16.9 Å². The molecule has 2 aromatic carbocycles. The number of carbonyl (C=O) groups is 1. The number of likely N-dealkylation sites (tertiary alicyclic amines) is 1. The fourth-order valence-corrected chi connectivity index (χ4v) is 4.56. The van der Waals surface area contributed by atoms with Gasteiger partial charge in [-0.15, -0.1) is 0 Å². The van der Waals surface area contributed by atoms with Gasteiger partial charge in [0, 0.05) is 25.3 Å². The number of nitrogens with zero attached hydrogens (tertiary/aromatic N) is 1. The average Bonchev–Trinajstić information content (AvgIpc) is 3.43. The fourth-order valence-electron chi connectivity index (χ4n) is 4.56. The Bertz CT molecular complexity index is 829. The van der Waals surface area contributed by atoms with E-state index in [0.29, 0.717) is 19.8 Å². The fraction of sp³-hybridized carbons (Fsp3) is 0.409. The molecule has 2 unspecified atom stereocenters. The van der Waals surface area contributed by atoms with Gasteiger partial charge in [-0.1, -0.05) is 36.4 Å². The molecule has 3 heterocycles. The quantitative estimate of drug-likeness (QED) is 0.835. The van der Waals surface area contributed by atoms with E-state index in [1.807, 2.05) is 11.0 Å². The van der Waals surface area contributed by atoms with Crippen LogP contribution >= 0.6 is 0 Å². The first kappa shape index (κ1) is 15.9. The van der Waals surface area contributed by atoms with Gasteiger partial charge in [0.25, 0.3) is 0 Å². The number of benzene rings is 2. The van der Waals surface area contributed by atoms with E-state index in [0.717, 1.165) is 31.7 Å². The van der Waals surface area contributed by atoms with E-state index in [2.05, 4.69) is 42.5 Å². The summed E-state index contributed by atoms with van der Waals surface area (Å²) in [7, 11) is 0.